The zero-order chi connectivity index (χ0) is 11.5. The molecule has 0 radical (unpaired) electrons. The maximum absolute atomic E-state index is 9.96. The SMILES string of the molecule is CCC(NCC(O)c1cnn(C)c1)C1CC1. The van der Waals surface area contributed by atoms with Crippen LogP contribution in [0.25, 0.3) is 0 Å². The molecule has 0 aliphatic heterocycles. The zero-order valence-electron chi connectivity index (χ0n) is 10.1. The van der Waals surface area contributed by atoms with Gasteiger partial charge >= 0.3 is 0 Å². The fourth-order valence-corrected chi connectivity index (χ4v) is 2.14. The molecule has 0 spiro atoms. The second-order valence-electron chi connectivity index (χ2n) is 4.72. The van der Waals surface area contributed by atoms with Crippen molar-refractivity contribution in [3.63, 3.8) is 0 Å². The Balaban J connectivity index is 1.80. The molecule has 1 heterocycles. The van der Waals surface area contributed by atoms with Gasteiger partial charge in [0.25, 0.3) is 0 Å². The maximum atomic E-state index is 9.96. The van der Waals surface area contributed by atoms with Crippen molar-refractivity contribution in [2.45, 2.75) is 38.3 Å². The van der Waals surface area contributed by atoms with Crippen molar-refractivity contribution in [2.24, 2.45) is 13.0 Å². The molecule has 2 atom stereocenters. The monoisotopic (exact) mass is 223 g/mol. The first-order chi connectivity index (χ1) is 7.70. The number of aliphatic hydroxyl groups excluding tert-OH is 1. The van der Waals surface area contributed by atoms with Gasteiger partial charge in [0, 0.05) is 31.4 Å². The maximum Gasteiger partial charge on any atom is 0.0944 e. The van der Waals surface area contributed by atoms with Crippen LogP contribution in [0.2, 0.25) is 0 Å². The van der Waals surface area contributed by atoms with Crippen molar-refractivity contribution >= 4 is 0 Å². The fourth-order valence-electron chi connectivity index (χ4n) is 2.14. The van der Waals surface area contributed by atoms with Crippen LogP contribution in [0.15, 0.2) is 12.4 Å². The molecule has 0 aromatic carbocycles. The summed E-state index contributed by atoms with van der Waals surface area (Å²) in [7, 11) is 1.86. The summed E-state index contributed by atoms with van der Waals surface area (Å²) < 4.78 is 1.72. The largest absolute Gasteiger partial charge is 0.387 e. The van der Waals surface area contributed by atoms with E-state index in [9.17, 15) is 5.11 Å². The van der Waals surface area contributed by atoms with Crippen LogP contribution in [0.5, 0.6) is 0 Å². The van der Waals surface area contributed by atoms with Crippen LogP contribution in [-0.2, 0) is 7.05 Å². The summed E-state index contributed by atoms with van der Waals surface area (Å²) in [6.07, 6.45) is 6.98. The quantitative estimate of drug-likeness (QED) is 0.762. The van der Waals surface area contributed by atoms with Gasteiger partial charge in [-0.15, -0.1) is 0 Å². The molecule has 1 aliphatic carbocycles. The first-order valence-corrected chi connectivity index (χ1v) is 6.10. The summed E-state index contributed by atoms with van der Waals surface area (Å²) in [5, 5.41) is 17.5. The highest BCUT2D eigenvalue weighted by molar-refractivity contribution is 5.08. The highest BCUT2D eigenvalue weighted by atomic mass is 16.3. The number of aryl methyl sites for hydroxylation is 1. The van der Waals surface area contributed by atoms with E-state index in [1.165, 1.54) is 12.8 Å². The number of aliphatic hydroxyl groups is 1. The Morgan fingerprint density at radius 2 is 2.38 bits per heavy atom. The first kappa shape index (κ1) is 11.6. The van der Waals surface area contributed by atoms with Gasteiger partial charge < -0.3 is 10.4 Å². The van der Waals surface area contributed by atoms with Crippen molar-refractivity contribution in [1.82, 2.24) is 15.1 Å². The van der Waals surface area contributed by atoms with E-state index < -0.39 is 6.10 Å². The number of aromatic nitrogens is 2. The van der Waals surface area contributed by atoms with Crippen LogP contribution in [0.1, 0.15) is 37.9 Å². The van der Waals surface area contributed by atoms with Gasteiger partial charge in [-0.1, -0.05) is 6.92 Å². The third-order valence-corrected chi connectivity index (χ3v) is 3.31. The van der Waals surface area contributed by atoms with Gasteiger partial charge in [-0.25, -0.2) is 0 Å². The lowest BCUT2D eigenvalue weighted by atomic mass is 10.1. The molecular weight excluding hydrogens is 202 g/mol. The van der Waals surface area contributed by atoms with E-state index >= 15 is 0 Å². The molecule has 1 aromatic heterocycles. The predicted octanol–water partition coefficient (Wildman–Crippen LogP) is 1.23. The van der Waals surface area contributed by atoms with Crippen LogP contribution in [0.3, 0.4) is 0 Å². The summed E-state index contributed by atoms with van der Waals surface area (Å²) in [5.74, 6) is 0.839. The summed E-state index contributed by atoms with van der Waals surface area (Å²) in [6.45, 7) is 2.83. The molecule has 1 fully saturated rings. The van der Waals surface area contributed by atoms with Crippen LogP contribution in [-0.4, -0.2) is 27.5 Å². The number of nitrogens with one attached hydrogen (secondary N) is 1. The average molecular weight is 223 g/mol. The van der Waals surface area contributed by atoms with Gasteiger partial charge in [0.2, 0.25) is 0 Å². The van der Waals surface area contributed by atoms with E-state index in [4.69, 9.17) is 0 Å². The molecule has 0 bridgehead atoms. The molecule has 90 valence electrons. The number of rotatable bonds is 6. The number of nitrogens with zero attached hydrogens (tertiary/aromatic N) is 2. The minimum Gasteiger partial charge on any atom is -0.387 e. The topological polar surface area (TPSA) is 50.1 Å². The van der Waals surface area contributed by atoms with Gasteiger partial charge in [-0.05, 0) is 25.2 Å². The second-order valence-corrected chi connectivity index (χ2v) is 4.72. The average Bonchev–Trinajstić information content (AvgIpc) is 3.01. The molecule has 4 nitrogen and oxygen atoms in total. The highest BCUT2D eigenvalue weighted by Gasteiger charge is 2.29. The molecule has 1 saturated carbocycles. The zero-order valence-corrected chi connectivity index (χ0v) is 10.1. The fraction of sp³-hybridized carbons (Fsp3) is 0.750. The number of hydrogen-bond donors (Lipinski definition) is 2. The summed E-state index contributed by atoms with van der Waals surface area (Å²) in [6, 6.07) is 0.575. The summed E-state index contributed by atoms with van der Waals surface area (Å²) in [4.78, 5) is 0. The molecule has 4 heteroatoms. The van der Waals surface area contributed by atoms with Crippen molar-refractivity contribution in [1.29, 1.82) is 0 Å². The molecular formula is C12H21N3O. The van der Waals surface area contributed by atoms with E-state index in [-0.39, 0.29) is 0 Å². The van der Waals surface area contributed by atoms with E-state index in [0.29, 0.717) is 12.6 Å². The molecule has 1 aromatic rings. The van der Waals surface area contributed by atoms with Crippen LogP contribution in [0.4, 0.5) is 0 Å². The predicted molar refractivity (Wildman–Crippen MR) is 63.0 cm³/mol. The van der Waals surface area contributed by atoms with Crippen molar-refractivity contribution in [3.05, 3.63) is 18.0 Å². The normalized spacial score (nSPS) is 19.7. The van der Waals surface area contributed by atoms with E-state index in [0.717, 1.165) is 17.9 Å². The van der Waals surface area contributed by atoms with E-state index in [1.54, 1.807) is 10.9 Å². The molecule has 16 heavy (non-hydrogen) atoms. The molecule has 2 unspecified atom stereocenters. The van der Waals surface area contributed by atoms with Gasteiger partial charge in [0.05, 0.1) is 12.3 Å². The van der Waals surface area contributed by atoms with Crippen molar-refractivity contribution < 1.29 is 5.11 Å². The smallest absolute Gasteiger partial charge is 0.0944 e. The number of hydrogen-bond acceptors (Lipinski definition) is 3. The third-order valence-electron chi connectivity index (χ3n) is 3.31. The highest BCUT2D eigenvalue weighted by Crippen LogP contribution is 2.34. The lowest BCUT2D eigenvalue weighted by Gasteiger charge is -2.18. The van der Waals surface area contributed by atoms with Crippen LogP contribution < -0.4 is 5.32 Å². The second kappa shape index (κ2) is 4.97. The Kier molecular flexibility index (Phi) is 3.61. The molecule has 0 amide bonds. The Bertz CT molecular complexity index is 333. The lowest BCUT2D eigenvalue weighted by Crippen LogP contribution is -2.33. The lowest BCUT2D eigenvalue weighted by molar-refractivity contribution is 0.167. The molecule has 0 saturated heterocycles. The Morgan fingerprint density at radius 1 is 1.62 bits per heavy atom. The summed E-state index contributed by atoms with van der Waals surface area (Å²) in [5.41, 5.74) is 0.889. The van der Waals surface area contributed by atoms with Gasteiger partial charge in [-0.2, -0.15) is 5.10 Å². The molecule has 2 rings (SSSR count). The van der Waals surface area contributed by atoms with E-state index in [2.05, 4.69) is 17.3 Å². The Hall–Kier alpha value is -0.870. The van der Waals surface area contributed by atoms with Crippen LogP contribution >= 0.6 is 0 Å². The third kappa shape index (κ3) is 2.83. The van der Waals surface area contributed by atoms with Crippen molar-refractivity contribution in [3.8, 4) is 0 Å². The van der Waals surface area contributed by atoms with Gasteiger partial charge in [-0.3, -0.25) is 4.68 Å². The molecule has 2 N–H and O–H groups in total. The van der Waals surface area contributed by atoms with Crippen LogP contribution in [0, 0.1) is 5.92 Å². The minimum absolute atomic E-state index is 0.443. The Labute approximate surface area is 96.7 Å². The Morgan fingerprint density at radius 3 is 2.88 bits per heavy atom. The summed E-state index contributed by atoms with van der Waals surface area (Å²) >= 11 is 0. The van der Waals surface area contributed by atoms with Gasteiger partial charge in [0.1, 0.15) is 0 Å². The first-order valence-electron chi connectivity index (χ1n) is 6.10. The van der Waals surface area contributed by atoms with Crippen molar-refractivity contribution in [2.75, 3.05) is 6.54 Å². The molecule has 1 aliphatic rings. The minimum atomic E-state index is -0.443. The standard InChI is InChI=1S/C12H21N3O/c1-3-11(9-4-5-9)13-7-12(16)10-6-14-15(2)8-10/h6,8-9,11-13,16H,3-5,7H2,1-2H3. The van der Waals surface area contributed by atoms with E-state index in [1.807, 2.05) is 13.2 Å². The van der Waals surface area contributed by atoms with Gasteiger partial charge in [0.15, 0.2) is 0 Å².